The highest BCUT2D eigenvalue weighted by atomic mass is 15.2. The molecule has 0 bridgehead atoms. The Morgan fingerprint density at radius 1 is 1.00 bits per heavy atom. The zero-order chi connectivity index (χ0) is 13.1. The van der Waals surface area contributed by atoms with Gasteiger partial charge in [-0.15, -0.1) is 0 Å². The van der Waals surface area contributed by atoms with Crippen LogP contribution in [0.1, 0.15) is 64.7 Å². The fourth-order valence-electron chi connectivity index (χ4n) is 4.08. The molecule has 1 heterocycles. The molecule has 110 valence electrons. The van der Waals surface area contributed by atoms with Crippen molar-refractivity contribution in [1.82, 2.24) is 10.2 Å². The molecule has 2 heteroatoms. The molecule has 19 heavy (non-hydrogen) atoms. The molecule has 0 radical (unpaired) electrons. The third-order valence-electron chi connectivity index (χ3n) is 5.76. The zero-order valence-corrected chi connectivity index (χ0v) is 12.7. The van der Waals surface area contributed by atoms with Gasteiger partial charge in [-0.3, -0.25) is 4.90 Å². The highest BCUT2D eigenvalue weighted by Crippen LogP contribution is 2.33. The average molecular weight is 264 g/mol. The molecule has 1 aliphatic heterocycles. The number of rotatable bonds is 4. The summed E-state index contributed by atoms with van der Waals surface area (Å²) < 4.78 is 0. The summed E-state index contributed by atoms with van der Waals surface area (Å²) >= 11 is 0. The van der Waals surface area contributed by atoms with E-state index in [4.69, 9.17) is 0 Å². The molecule has 1 N–H and O–H groups in total. The molecule has 3 fully saturated rings. The summed E-state index contributed by atoms with van der Waals surface area (Å²) in [4.78, 5) is 2.80. The largest absolute Gasteiger partial charge is 0.312 e. The third-order valence-corrected chi connectivity index (χ3v) is 5.76. The van der Waals surface area contributed by atoms with Gasteiger partial charge in [0.25, 0.3) is 0 Å². The molecule has 3 rings (SSSR count). The number of hydrogen-bond donors (Lipinski definition) is 1. The van der Waals surface area contributed by atoms with Crippen LogP contribution in [-0.4, -0.2) is 36.6 Å². The van der Waals surface area contributed by atoms with Crippen molar-refractivity contribution in [2.45, 2.75) is 76.8 Å². The molecule has 0 amide bonds. The van der Waals surface area contributed by atoms with Crippen molar-refractivity contribution in [1.29, 1.82) is 0 Å². The Labute approximate surface area is 119 Å². The van der Waals surface area contributed by atoms with Crippen LogP contribution in [0.4, 0.5) is 0 Å². The second kappa shape index (κ2) is 6.58. The summed E-state index contributed by atoms with van der Waals surface area (Å²) in [6.45, 7) is 6.36. The van der Waals surface area contributed by atoms with Crippen LogP contribution in [0, 0.1) is 11.8 Å². The molecule has 2 unspecified atom stereocenters. The van der Waals surface area contributed by atoms with E-state index in [1.54, 1.807) is 0 Å². The number of nitrogens with zero attached hydrogens (tertiary/aromatic N) is 1. The molecule has 0 aromatic rings. The van der Waals surface area contributed by atoms with Crippen LogP contribution in [0.2, 0.25) is 0 Å². The number of nitrogens with one attached hydrogen (secondary N) is 1. The van der Waals surface area contributed by atoms with Gasteiger partial charge >= 0.3 is 0 Å². The minimum absolute atomic E-state index is 0.782. The topological polar surface area (TPSA) is 15.3 Å². The van der Waals surface area contributed by atoms with Crippen molar-refractivity contribution in [3.05, 3.63) is 0 Å². The van der Waals surface area contributed by atoms with Crippen molar-refractivity contribution in [2.24, 2.45) is 11.8 Å². The van der Waals surface area contributed by atoms with Crippen LogP contribution < -0.4 is 5.32 Å². The first-order valence-electron chi connectivity index (χ1n) is 8.80. The highest BCUT2D eigenvalue weighted by Gasteiger charge is 2.30. The SMILES string of the molecule is CC1CCNC(C2CCCCC2)CN1CCC1CC1. The maximum Gasteiger partial charge on any atom is 0.0223 e. The van der Waals surface area contributed by atoms with E-state index in [1.807, 2.05) is 0 Å². The fourth-order valence-corrected chi connectivity index (χ4v) is 4.08. The van der Waals surface area contributed by atoms with Gasteiger partial charge in [0.1, 0.15) is 0 Å². The van der Waals surface area contributed by atoms with E-state index in [9.17, 15) is 0 Å². The Balaban J connectivity index is 1.54. The van der Waals surface area contributed by atoms with Crippen molar-refractivity contribution in [2.75, 3.05) is 19.6 Å². The summed E-state index contributed by atoms with van der Waals surface area (Å²) in [7, 11) is 0. The molecule has 2 aliphatic carbocycles. The lowest BCUT2D eigenvalue weighted by Gasteiger charge is -2.34. The number of hydrogen-bond acceptors (Lipinski definition) is 2. The van der Waals surface area contributed by atoms with Crippen LogP contribution in [0.3, 0.4) is 0 Å². The van der Waals surface area contributed by atoms with Crippen LogP contribution in [0.5, 0.6) is 0 Å². The first-order valence-corrected chi connectivity index (χ1v) is 8.80. The Bertz CT molecular complexity index is 268. The van der Waals surface area contributed by atoms with Gasteiger partial charge in [-0.1, -0.05) is 32.1 Å². The summed E-state index contributed by atoms with van der Waals surface area (Å²) in [5.74, 6) is 2.04. The van der Waals surface area contributed by atoms with Crippen molar-refractivity contribution >= 4 is 0 Å². The van der Waals surface area contributed by atoms with Gasteiger partial charge in [0.15, 0.2) is 0 Å². The minimum atomic E-state index is 0.782. The van der Waals surface area contributed by atoms with E-state index in [2.05, 4.69) is 17.1 Å². The molecule has 0 aromatic carbocycles. The van der Waals surface area contributed by atoms with Gasteiger partial charge in [0.2, 0.25) is 0 Å². The lowest BCUT2D eigenvalue weighted by atomic mass is 9.83. The van der Waals surface area contributed by atoms with Crippen LogP contribution in [0.15, 0.2) is 0 Å². The van der Waals surface area contributed by atoms with E-state index < -0.39 is 0 Å². The van der Waals surface area contributed by atoms with Crippen LogP contribution >= 0.6 is 0 Å². The smallest absolute Gasteiger partial charge is 0.0223 e. The normalized spacial score (nSPS) is 35.2. The van der Waals surface area contributed by atoms with Gasteiger partial charge in [-0.05, 0) is 57.5 Å². The predicted molar refractivity (Wildman–Crippen MR) is 81.4 cm³/mol. The molecule has 2 nitrogen and oxygen atoms in total. The molecule has 2 saturated carbocycles. The van der Waals surface area contributed by atoms with Gasteiger partial charge in [0.05, 0.1) is 0 Å². The monoisotopic (exact) mass is 264 g/mol. The standard InChI is InChI=1S/C17H32N2/c1-14-9-11-18-17(16-5-3-2-4-6-16)13-19(14)12-10-15-7-8-15/h14-18H,2-13H2,1H3. The Morgan fingerprint density at radius 3 is 2.53 bits per heavy atom. The van der Waals surface area contributed by atoms with Gasteiger partial charge < -0.3 is 5.32 Å². The van der Waals surface area contributed by atoms with Gasteiger partial charge in [0, 0.05) is 18.6 Å². The molecule has 0 aromatic heterocycles. The van der Waals surface area contributed by atoms with Crippen LogP contribution in [-0.2, 0) is 0 Å². The molecule has 3 aliphatic rings. The van der Waals surface area contributed by atoms with E-state index in [-0.39, 0.29) is 0 Å². The first-order chi connectivity index (χ1) is 9.33. The minimum Gasteiger partial charge on any atom is -0.312 e. The predicted octanol–water partition coefficient (Wildman–Crippen LogP) is 3.42. The zero-order valence-electron chi connectivity index (χ0n) is 12.7. The van der Waals surface area contributed by atoms with E-state index >= 15 is 0 Å². The van der Waals surface area contributed by atoms with Crippen molar-refractivity contribution < 1.29 is 0 Å². The summed E-state index contributed by atoms with van der Waals surface area (Å²) in [5.41, 5.74) is 0. The second-order valence-corrected chi connectivity index (χ2v) is 7.32. The van der Waals surface area contributed by atoms with E-state index in [1.165, 1.54) is 77.4 Å². The van der Waals surface area contributed by atoms with Gasteiger partial charge in [-0.2, -0.15) is 0 Å². The second-order valence-electron chi connectivity index (χ2n) is 7.32. The Hall–Kier alpha value is -0.0800. The summed E-state index contributed by atoms with van der Waals surface area (Å²) in [6, 6.07) is 1.57. The van der Waals surface area contributed by atoms with Gasteiger partial charge in [-0.25, -0.2) is 0 Å². The van der Waals surface area contributed by atoms with E-state index in [0.29, 0.717) is 0 Å². The Kier molecular flexibility index (Phi) is 4.81. The lowest BCUT2D eigenvalue weighted by molar-refractivity contribution is 0.168. The fraction of sp³-hybridized carbons (Fsp3) is 1.00. The third kappa shape index (κ3) is 3.95. The summed E-state index contributed by atoms with van der Waals surface area (Å²) in [5, 5.41) is 3.87. The quantitative estimate of drug-likeness (QED) is 0.837. The summed E-state index contributed by atoms with van der Waals surface area (Å²) in [6.07, 6.45) is 13.2. The maximum absolute atomic E-state index is 3.87. The van der Waals surface area contributed by atoms with Crippen molar-refractivity contribution in [3.63, 3.8) is 0 Å². The molecular formula is C17H32N2. The first kappa shape index (κ1) is 13.9. The molecule has 1 saturated heterocycles. The highest BCUT2D eigenvalue weighted by molar-refractivity contribution is 4.87. The molecular weight excluding hydrogens is 232 g/mol. The van der Waals surface area contributed by atoms with Crippen LogP contribution in [0.25, 0.3) is 0 Å². The average Bonchev–Trinajstić information content (AvgIpc) is 3.26. The van der Waals surface area contributed by atoms with Crippen molar-refractivity contribution in [3.8, 4) is 0 Å². The molecule has 0 spiro atoms. The Morgan fingerprint density at radius 2 is 1.79 bits per heavy atom. The maximum atomic E-state index is 3.87. The molecule has 2 atom stereocenters. The van der Waals surface area contributed by atoms with E-state index in [0.717, 1.165) is 23.9 Å². The lowest BCUT2D eigenvalue weighted by Crippen LogP contribution is -2.45.